The van der Waals surface area contributed by atoms with Crippen LogP contribution in [0.5, 0.6) is 0 Å². The molecule has 19 heavy (non-hydrogen) atoms. The Morgan fingerprint density at radius 3 is 2.74 bits per heavy atom. The molecule has 0 spiro atoms. The Bertz CT molecular complexity index is 412. The van der Waals surface area contributed by atoms with Gasteiger partial charge < -0.3 is 9.73 Å². The number of piperidine rings is 1. The lowest BCUT2D eigenvalue weighted by atomic mass is 9.97. The van der Waals surface area contributed by atoms with Gasteiger partial charge in [0.05, 0.1) is 6.54 Å². The first-order chi connectivity index (χ1) is 9.17. The lowest BCUT2D eigenvalue weighted by Crippen LogP contribution is -2.40. The Morgan fingerprint density at radius 2 is 2.16 bits per heavy atom. The van der Waals surface area contributed by atoms with E-state index < -0.39 is 0 Å². The summed E-state index contributed by atoms with van der Waals surface area (Å²) in [5.74, 6) is 1.07. The van der Waals surface area contributed by atoms with E-state index in [1.807, 2.05) is 7.05 Å². The SMILES string of the molecule is CNCC1CCN(CC(=O)Nc2nnc(C)o2)CC1. The van der Waals surface area contributed by atoms with Crippen LogP contribution in [0.4, 0.5) is 6.01 Å². The largest absolute Gasteiger partial charge is 0.408 e. The second kappa shape index (κ2) is 6.63. The number of anilines is 1. The number of carbonyl (C=O) groups excluding carboxylic acids is 1. The van der Waals surface area contributed by atoms with Gasteiger partial charge in [-0.3, -0.25) is 15.0 Å². The fourth-order valence-corrected chi connectivity index (χ4v) is 2.35. The van der Waals surface area contributed by atoms with Crippen molar-refractivity contribution in [2.24, 2.45) is 5.92 Å². The topological polar surface area (TPSA) is 83.3 Å². The van der Waals surface area contributed by atoms with Crippen LogP contribution >= 0.6 is 0 Å². The number of carbonyl (C=O) groups is 1. The number of nitrogens with zero attached hydrogens (tertiary/aromatic N) is 3. The van der Waals surface area contributed by atoms with Crippen molar-refractivity contribution in [1.82, 2.24) is 20.4 Å². The molecular formula is C12H21N5O2. The van der Waals surface area contributed by atoms with Crippen molar-refractivity contribution in [3.05, 3.63) is 5.89 Å². The van der Waals surface area contributed by atoms with Gasteiger partial charge in [0.2, 0.25) is 11.8 Å². The Balaban J connectivity index is 1.71. The molecule has 1 amide bonds. The molecule has 7 nitrogen and oxygen atoms in total. The number of nitrogens with one attached hydrogen (secondary N) is 2. The number of rotatable bonds is 5. The first-order valence-electron chi connectivity index (χ1n) is 6.64. The predicted octanol–water partition coefficient (Wildman–Crippen LogP) is 0.248. The zero-order valence-corrected chi connectivity index (χ0v) is 11.5. The van der Waals surface area contributed by atoms with E-state index in [-0.39, 0.29) is 11.9 Å². The highest BCUT2D eigenvalue weighted by atomic mass is 16.4. The van der Waals surface area contributed by atoms with Crippen molar-refractivity contribution >= 4 is 11.9 Å². The highest BCUT2D eigenvalue weighted by Gasteiger charge is 2.20. The molecule has 0 saturated carbocycles. The zero-order valence-electron chi connectivity index (χ0n) is 11.5. The average molecular weight is 267 g/mol. The maximum absolute atomic E-state index is 11.8. The zero-order chi connectivity index (χ0) is 13.7. The number of hydrogen-bond donors (Lipinski definition) is 2. The smallest absolute Gasteiger partial charge is 0.322 e. The molecule has 1 fully saturated rings. The summed E-state index contributed by atoms with van der Waals surface area (Å²) in [6, 6.07) is 0.174. The molecule has 106 valence electrons. The molecule has 0 aromatic carbocycles. The van der Waals surface area contributed by atoms with E-state index in [1.165, 1.54) is 0 Å². The van der Waals surface area contributed by atoms with Gasteiger partial charge >= 0.3 is 6.01 Å². The molecule has 1 saturated heterocycles. The lowest BCUT2D eigenvalue weighted by molar-refractivity contribution is -0.117. The Morgan fingerprint density at radius 1 is 1.42 bits per heavy atom. The van der Waals surface area contributed by atoms with Crippen molar-refractivity contribution < 1.29 is 9.21 Å². The summed E-state index contributed by atoms with van der Waals surface area (Å²) < 4.78 is 5.11. The minimum atomic E-state index is -0.101. The third-order valence-corrected chi connectivity index (χ3v) is 3.34. The van der Waals surface area contributed by atoms with Gasteiger partial charge in [0.25, 0.3) is 0 Å². The van der Waals surface area contributed by atoms with Gasteiger partial charge in [-0.1, -0.05) is 5.10 Å². The summed E-state index contributed by atoms with van der Waals surface area (Å²) in [6.45, 7) is 5.05. The van der Waals surface area contributed by atoms with Crippen molar-refractivity contribution in [3.8, 4) is 0 Å². The van der Waals surface area contributed by atoms with Crippen LogP contribution in [0.1, 0.15) is 18.7 Å². The molecule has 1 aromatic heterocycles. The minimum absolute atomic E-state index is 0.101. The monoisotopic (exact) mass is 267 g/mol. The molecule has 2 heterocycles. The third kappa shape index (κ3) is 4.29. The molecule has 1 aliphatic heterocycles. The minimum Gasteiger partial charge on any atom is -0.408 e. The van der Waals surface area contributed by atoms with Gasteiger partial charge in [0.1, 0.15) is 0 Å². The summed E-state index contributed by atoms with van der Waals surface area (Å²) in [6.07, 6.45) is 2.27. The van der Waals surface area contributed by atoms with Crippen molar-refractivity contribution in [1.29, 1.82) is 0 Å². The van der Waals surface area contributed by atoms with Crippen LogP contribution in [0.2, 0.25) is 0 Å². The summed E-state index contributed by atoms with van der Waals surface area (Å²) in [5, 5.41) is 13.2. The van der Waals surface area contributed by atoms with E-state index in [4.69, 9.17) is 4.42 Å². The maximum atomic E-state index is 11.8. The van der Waals surface area contributed by atoms with Gasteiger partial charge in [-0.05, 0) is 45.4 Å². The fourth-order valence-electron chi connectivity index (χ4n) is 2.35. The Hall–Kier alpha value is -1.47. The third-order valence-electron chi connectivity index (χ3n) is 3.34. The van der Waals surface area contributed by atoms with E-state index in [1.54, 1.807) is 6.92 Å². The highest BCUT2D eigenvalue weighted by molar-refractivity contribution is 5.90. The predicted molar refractivity (Wildman–Crippen MR) is 70.8 cm³/mol. The van der Waals surface area contributed by atoms with Crippen LogP contribution in [0.3, 0.4) is 0 Å². The van der Waals surface area contributed by atoms with Crippen LogP contribution < -0.4 is 10.6 Å². The van der Waals surface area contributed by atoms with Crippen molar-refractivity contribution in [2.75, 3.05) is 38.5 Å². The summed E-state index contributed by atoms with van der Waals surface area (Å²) in [4.78, 5) is 14.0. The van der Waals surface area contributed by atoms with E-state index in [9.17, 15) is 4.79 Å². The van der Waals surface area contributed by atoms with Gasteiger partial charge in [-0.15, -0.1) is 5.10 Å². The van der Waals surface area contributed by atoms with Crippen LogP contribution in [-0.2, 0) is 4.79 Å². The van der Waals surface area contributed by atoms with E-state index in [0.29, 0.717) is 12.4 Å². The molecule has 7 heteroatoms. The molecule has 0 bridgehead atoms. The highest BCUT2D eigenvalue weighted by Crippen LogP contribution is 2.16. The normalized spacial score (nSPS) is 17.6. The van der Waals surface area contributed by atoms with Crippen molar-refractivity contribution in [2.45, 2.75) is 19.8 Å². The Labute approximate surface area is 112 Å². The van der Waals surface area contributed by atoms with Crippen molar-refractivity contribution in [3.63, 3.8) is 0 Å². The standard InChI is InChI=1S/C12H21N5O2/c1-9-15-16-12(19-9)14-11(18)8-17-5-3-10(4-6-17)7-13-2/h10,13H,3-8H2,1-2H3,(H,14,16,18). The number of likely N-dealkylation sites (tertiary alicyclic amines) is 1. The quantitative estimate of drug-likeness (QED) is 0.795. The average Bonchev–Trinajstić information content (AvgIpc) is 2.77. The van der Waals surface area contributed by atoms with Gasteiger partial charge in [0, 0.05) is 6.92 Å². The molecular weight excluding hydrogens is 246 g/mol. The number of hydrogen-bond acceptors (Lipinski definition) is 6. The first kappa shape index (κ1) is 14.0. The number of aromatic nitrogens is 2. The van der Waals surface area contributed by atoms with Crippen LogP contribution in [0.15, 0.2) is 4.42 Å². The molecule has 0 unspecified atom stereocenters. The van der Waals surface area contributed by atoms with E-state index >= 15 is 0 Å². The Kier molecular flexibility index (Phi) is 4.86. The lowest BCUT2D eigenvalue weighted by Gasteiger charge is -2.31. The second-order valence-corrected chi connectivity index (χ2v) is 4.95. The molecule has 0 aliphatic carbocycles. The van der Waals surface area contributed by atoms with Crippen LogP contribution in [0, 0.1) is 12.8 Å². The van der Waals surface area contributed by atoms with Crippen LogP contribution in [-0.4, -0.2) is 54.2 Å². The summed E-state index contributed by atoms with van der Waals surface area (Å²) in [5.41, 5.74) is 0. The second-order valence-electron chi connectivity index (χ2n) is 4.95. The van der Waals surface area contributed by atoms with Crippen LogP contribution in [0.25, 0.3) is 0 Å². The van der Waals surface area contributed by atoms with E-state index in [0.717, 1.165) is 38.4 Å². The molecule has 1 aromatic rings. The summed E-state index contributed by atoms with van der Waals surface area (Å²) >= 11 is 0. The van der Waals surface area contributed by atoms with Gasteiger partial charge in [0.15, 0.2) is 0 Å². The van der Waals surface area contributed by atoms with E-state index in [2.05, 4.69) is 25.7 Å². The first-order valence-corrected chi connectivity index (χ1v) is 6.64. The number of aryl methyl sites for hydroxylation is 1. The molecule has 0 atom stereocenters. The summed E-state index contributed by atoms with van der Waals surface area (Å²) in [7, 11) is 1.98. The maximum Gasteiger partial charge on any atom is 0.322 e. The number of amides is 1. The molecule has 2 rings (SSSR count). The molecule has 2 N–H and O–H groups in total. The van der Waals surface area contributed by atoms with Gasteiger partial charge in [-0.2, -0.15) is 0 Å². The molecule has 1 aliphatic rings. The molecule has 0 radical (unpaired) electrons. The fraction of sp³-hybridized carbons (Fsp3) is 0.750. The van der Waals surface area contributed by atoms with Gasteiger partial charge in [-0.25, -0.2) is 0 Å².